The third-order valence-electron chi connectivity index (χ3n) is 6.25. The second-order valence-corrected chi connectivity index (χ2v) is 8.48. The van der Waals surface area contributed by atoms with Gasteiger partial charge in [-0.2, -0.15) is 4.98 Å². The summed E-state index contributed by atoms with van der Waals surface area (Å²) in [5.41, 5.74) is 2.65. The minimum Gasteiger partial charge on any atom is -0.392 e. The van der Waals surface area contributed by atoms with Crippen LogP contribution >= 0.6 is 0 Å². The number of aliphatic hydroxyl groups is 1. The van der Waals surface area contributed by atoms with Gasteiger partial charge in [-0.3, -0.25) is 4.79 Å². The van der Waals surface area contributed by atoms with Crippen molar-refractivity contribution in [2.75, 3.05) is 34.9 Å². The topological polar surface area (TPSA) is 72.8 Å². The summed E-state index contributed by atoms with van der Waals surface area (Å²) in [5, 5.41) is 10.7. The molecule has 7 heteroatoms. The van der Waals surface area contributed by atoms with Gasteiger partial charge in [0.1, 0.15) is 11.6 Å². The summed E-state index contributed by atoms with van der Waals surface area (Å²) in [5.74, 6) is 1.41. The van der Waals surface area contributed by atoms with E-state index in [0.29, 0.717) is 22.9 Å². The highest BCUT2D eigenvalue weighted by atomic mass is 16.3. The Bertz CT molecular complexity index is 1270. The number of anilines is 3. The fourth-order valence-electron chi connectivity index (χ4n) is 4.11. The lowest BCUT2D eigenvalue weighted by Gasteiger charge is -2.42. The number of para-hydroxylation sites is 2. The summed E-state index contributed by atoms with van der Waals surface area (Å²) in [7, 11) is 1.97. The molecule has 0 spiro atoms. The maximum Gasteiger partial charge on any atom is 0.268 e. The maximum absolute atomic E-state index is 13.9. The Balaban J connectivity index is 2.02. The molecule has 4 rings (SSSR count). The maximum atomic E-state index is 13.9. The van der Waals surface area contributed by atoms with Crippen molar-refractivity contribution in [3.63, 3.8) is 0 Å². The molecule has 34 heavy (non-hydrogen) atoms. The van der Waals surface area contributed by atoms with E-state index in [1.165, 1.54) is 0 Å². The van der Waals surface area contributed by atoms with E-state index in [1.807, 2.05) is 60.5 Å². The van der Waals surface area contributed by atoms with Crippen molar-refractivity contribution >= 4 is 34.3 Å². The number of aliphatic hydroxyl groups excluding tert-OH is 1. The van der Waals surface area contributed by atoms with Crippen LogP contribution in [0.4, 0.5) is 17.5 Å². The lowest BCUT2D eigenvalue weighted by molar-refractivity contribution is 0.0989. The largest absolute Gasteiger partial charge is 0.392 e. The predicted molar refractivity (Wildman–Crippen MR) is 138 cm³/mol. The lowest BCUT2D eigenvalue weighted by Crippen LogP contribution is -2.49. The van der Waals surface area contributed by atoms with Crippen molar-refractivity contribution in [3.05, 3.63) is 78.1 Å². The predicted octanol–water partition coefficient (Wildman–Crippen LogP) is 4.74. The Labute approximate surface area is 200 Å². The zero-order valence-electron chi connectivity index (χ0n) is 20.2. The molecule has 3 aromatic rings. The van der Waals surface area contributed by atoms with E-state index in [-0.39, 0.29) is 18.6 Å². The first-order chi connectivity index (χ1) is 16.4. The fourth-order valence-corrected chi connectivity index (χ4v) is 4.11. The highest BCUT2D eigenvalue weighted by molar-refractivity contribution is 6.14. The van der Waals surface area contributed by atoms with Crippen LogP contribution in [0.2, 0.25) is 0 Å². The molecule has 2 heterocycles. The fraction of sp³-hybridized carbons (Fsp3) is 0.296. The monoisotopic (exact) mass is 457 g/mol. The number of rotatable bonds is 7. The number of aromatic nitrogens is 2. The molecule has 176 valence electrons. The first-order valence-corrected chi connectivity index (χ1v) is 11.6. The Morgan fingerprint density at radius 3 is 2.56 bits per heavy atom. The van der Waals surface area contributed by atoms with Crippen molar-refractivity contribution in [2.24, 2.45) is 0 Å². The number of amides is 1. The zero-order valence-corrected chi connectivity index (χ0v) is 20.2. The second kappa shape index (κ2) is 9.65. The summed E-state index contributed by atoms with van der Waals surface area (Å²) >= 11 is 0. The van der Waals surface area contributed by atoms with Crippen LogP contribution in [-0.2, 0) is 0 Å². The van der Waals surface area contributed by atoms with Gasteiger partial charge in [0.2, 0.25) is 5.95 Å². The van der Waals surface area contributed by atoms with Crippen molar-refractivity contribution in [2.45, 2.75) is 33.2 Å². The summed E-state index contributed by atoms with van der Waals surface area (Å²) in [6.45, 7) is 10.8. The number of carbonyl (C=O) groups is 1. The molecule has 7 nitrogen and oxygen atoms in total. The average molecular weight is 458 g/mol. The third-order valence-corrected chi connectivity index (χ3v) is 6.25. The first kappa shape index (κ1) is 23.4. The minimum atomic E-state index is -0.218. The molecule has 1 unspecified atom stereocenters. The summed E-state index contributed by atoms with van der Waals surface area (Å²) in [6, 6.07) is 15.5. The summed E-state index contributed by atoms with van der Waals surface area (Å²) in [6.07, 6.45) is 2.60. The Hall–Kier alpha value is -3.71. The molecule has 0 saturated carbocycles. The van der Waals surface area contributed by atoms with Crippen molar-refractivity contribution < 1.29 is 9.90 Å². The number of nitrogens with zero attached hydrogens (tertiary/aromatic N) is 5. The van der Waals surface area contributed by atoms with Gasteiger partial charge >= 0.3 is 0 Å². The molecular weight excluding hydrogens is 426 g/mol. The van der Waals surface area contributed by atoms with Crippen LogP contribution < -0.4 is 14.7 Å². The molecule has 0 saturated heterocycles. The first-order valence-electron chi connectivity index (χ1n) is 11.6. The van der Waals surface area contributed by atoms with E-state index in [1.54, 1.807) is 11.0 Å². The molecule has 0 bridgehead atoms. The quantitative estimate of drug-likeness (QED) is 0.552. The van der Waals surface area contributed by atoms with E-state index in [0.717, 1.165) is 35.4 Å². The zero-order chi connectivity index (χ0) is 24.4. The molecule has 1 aliphatic heterocycles. The van der Waals surface area contributed by atoms with Gasteiger partial charge in [-0.05, 0) is 56.2 Å². The summed E-state index contributed by atoms with van der Waals surface area (Å²) in [4.78, 5) is 29.3. The van der Waals surface area contributed by atoms with E-state index >= 15 is 0 Å². The van der Waals surface area contributed by atoms with E-state index in [2.05, 4.69) is 32.3 Å². The molecule has 0 fully saturated rings. The van der Waals surface area contributed by atoms with E-state index in [9.17, 15) is 9.90 Å². The van der Waals surface area contributed by atoms with Crippen LogP contribution in [0.15, 0.2) is 72.6 Å². The number of hydrogen-bond donors (Lipinski definition) is 1. The Morgan fingerprint density at radius 1 is 1.15 bits per heavy atom. The van der Waals surface area contributed by atoms with Gasteiger partial charge in [0.25, 0.3) is 5.91 Å². The van der Waals surface area contributed by atoms with Gasteiger partial charge < -0.3 is 14.9 Å². The molecule has 0 aliphatic carbocycles. The van der Waals surface area contributed by atoms with Gasteiger partial charge in [-0.15, -0.1) is 0 Å². The second-order valence-electron chi connectivity index (χ2n) is 8.48. The summed E-state index contributed by atoms with van der Waals surface area (Å²) < 4.78 is 0. The molecule has 1 amide bonds. The third kappa shape index (κ3) is 4.03. The van der Waals surface area contributed by atoms with Gasteiger partial charge in [0.05, 0.1) is 23.4 Å². The van der Waals surface area contributed by atoms with Gasteiger partial charge in [0.15, 0.2) is 0 Å². The number of hydrogen-bond acceptors (Lipinski definition) is 6. The Kier molecular flexibility index (Phi) is 6.65. The molecule has 1 N–H and O–H groups in total. The van der Waals surface area contributed by atoms with Crippen LogP contribution in [0.3, 0.4) is 0 Å². The van der Waals surface area contributed by atoms with Crippen molar-refractivity contribution in [3.8, 4) is 0 Å². The highest BCUT2D eigenvalue weighted by Crippen LogP contribution is 2.38. The molecule has 1 aliphatic rings. The van der Waals surface area contributed by atoms with Crippen LogP contribution in [-0.4, -0.2) is 47.2 Å². The number of fused-ring (bicyclic) bond motifs is 2. The number of carbonyl (C=O) groups excluding carboxylic acids is 1. The van der Waals surface area contributed by atoms with Crippen LogP contribution in [0.25, 0.3) is 10.9 Å². The van der Waals surface area contributed by atoms with Gasteiger partial charge in [-0.25, -0.2) is 9.88 Å². The van der Waals surface area contributed by atoms with Crippen LogP contribution in [0.5, 0.6) is 0 Å². The normalized spacial score (nSPS) is 15.6. The molecule has 2 aromatic carbocycles. The van der Waals surface area contributed by atoms with Crippen molar-refractivity contribution in [1.82, 2.24) is 9.97 Å². The van der Waals surface area contributed by atoms with Crippen LogP contribution in [0.1, 0.15) is 37.6 Å². The van der Waals surface area contributed by atoms with E-state index in [4.69, 9.17) is 9.97 Å². The van der Waals surface area contributed by atoms with Crippen LogP contribution in [0, 0.1) is 0 Å². The SMILES string of the molecule is C=C(C=C1N(c2nc(N(C)CC)c3ccccc3n2)C(=O)c2ccccc2N1C(C)CC)CO. The van der Waals surface area contributed by atoms with E-state index < -0.39 is 0 Å². The average Bonchev–Trinajstić information content (AvgIpc) is 2.87. The minimum absolute atomic E-state index is 0.0766. The highest BCUT2D eigenvalue weighted by Gasteiger charge is 2.38. The standard InChI is InChI=1S/C27H31N5O2/c1-6-19(4)31-23-15-11-9-13-21(23)26(34)32(24(31)16-18(3)17-33)27-28-22-14-10-8-12-20(22)25(29-27)30(5)7-2/h8-16,19,33H,3,6-7,17H2,1-2,4-5H3. The lowest BCUT2D eigenvalue weighted by atomic mass is 10.0. The number of benzene rings is 2. The molecule has 1 aromatic heterocycles. The molecular formula is C27H31N5O2. The Morgan fingerprint density at radius 2 is 1.85 bits per heavy atom. The molecule has 0 radical (unpaired) electrons. The van der Waals surface area contributed by atoms with Gasteiger partial charge in [0, 0.05) is 25.0 Å². The van der Waals surface area contributed by atoms with Crippen molar-refractivity contribution in [1.29, 1.82) is 0 Å². The van der Waals surface area contributed by atoms with Gasteiger partial charge in [-0.1, -0.05) is 37.8 Å². The smallest absolute Gasteiger partial charge is 0.268 e. The molecule has 1 atom stereocenters.